The molecule has 22 heavy (non-hydrogen) atoms. The van der Waals surface area contributed by atoms with E-state index in [2.05, 4.69) is 16.4 Å². The van der Waals surface area contributed by atoms with Crippen molar-refractivity contribution in [2.45, 2.75) is 83.7 Å². The average molecular weight is 316 g/mol. The van der Waals surface area contributed by atoms with Crippen LogP contribution in [0.1, 0.15) is 77.6 Å². The molecule has 0 amide bonds. The second-order valence-corrected chi connectivity index (χ2v) is 5.55. The molecule has 130 valence electrons. The molecule has 0 aromatic carbocycles. The summed E-state index contributed by atoms with van der Waals surface area (Å²) in [4.78, 5) is 22.6. The van der Waals surface area contributed by atoms with Crippen molar-refractivity contribution in [1.29, 1.82) is 0 Å². The first-order valence-corrected chi connectivity index (χ1v) is 8.48. The Hall–Kier alpha value is -1.26. The highest BCUT2D eigenvalue weighted by atomic mass is 16.7. The highest BCUT2D eigenvalue weighted by Crippen LogP contribution is 2.13. The molecule has 0 spiro atoms. The van der Waals surface area contributed by atoms with Gasteiger partial charge in [-0.1, -0.05) is 64.7 Å². The molecule has 5 nitrogen and oxygen atoms in total. The highest BCUT2D eigenvalue weighted by Gasteiger charge is 2.23. The zero-order valence-corrected chi connectivity index (χ0v) is 14.4. The molecule has 0 aliphatic rings. The van der Waals surface area contributed by atoms with Crippen LogP contribution in [0, 0.1) is 0 Å². The summed E-state index contributed by atoms with van der Waals surface area (Å²) in [6, 6.07) is 0. The van der Waals surface area contributed by atoms with Crippen LogP contribution >= 0.6 is 0 Å². The molecule has 0 bridgehead atoms. The molecule has 0 saturated heterocycles. The topological polar surface area (TPSA) is 61.8 Å². The number of methoxy groups -OCH3 is 2. The van der Waals surface area contributed by atoms with E-state index in [4.69, 9.17) is 4.74 Å². The molecule has 0 fully saturated rings. The summed E-state index contributed by atoms with van der Waals surface area (Å²) in [7, 11) is 2.51. The second kappa shape index (κ2) is 14.7. The number of rotatable bonds is 13. The zero-order chi connectivity index (χ0) is 16.6. The van der Waals surface area contributed by atoms with Crippen LogP contribution in [0.15, 0.2) is 0 Å². The number of ether oxygens (including phenoxy) is 3. The standard InChI is InChI=1S/C17H32O5/c1-4-5-6-7-8-9-10-11-12-13-14-15(16(18)20-2)22-17(19)21-3/h15H,4-14H2,1-3H3. The van der Waals surface area contributed by atoms with E-state index in [-0.39, 0.29) is 0 Å². The van der Waals surface area contributed by atoms with Gasteiger partial charge >= 0.3 is 12.1 Å². The van der Waals surface area contributed by atoms with Gasteiger partial charge < -0.3 is 14.2 Å². The Bertz CT molecular complexity index is 291. The van der Waals surface area contributed by atoms with Crippen molar-refractivity contribution in [3.8, 4) is 0 Å². The molecule has 0 aliphatic carbocycles. The third-order valence-electron chi connectivity index (χ3n) is 3.69. The van der Waals surface area contributed by atoms with Crippen LogP contribution < -0.4 is 0 Å². The zero-order valence-electron chi connectivity index (χ0n) is 14.4. The van der Waals surface area contributed by atoms with Crippen molar-refractivity contribution >= 4 is 12.1 Å². The normalized spacial score (nSPS) is 11.8. The molecular weight excluding hydrogens is 284 g/mol. The summed E-state index contributed by atoms with van der Waals surface area (Å²) in [5, 5.41) is 0. The fraction of sp³-hybridized carbons (Fsp3) is 0.882. The molecule has 0 saturated carbocycles. The molecule has 1 atom stereocenters. The van der Waals surface area contributed by atoms with Gasteiger partial charge in [0.2, 0.25) is 6.10 Å². The smallest absolute Gasteiger partial charge is 0.466 e. The first-order chi connectivity index (χ1) is 10.7. The minimum atomic E-state index is -0.855. The Labute approximate surface area is 134 Å². The van der Waals surface area contributed by atoms with E-state index in [1.54, 1.807) is 0 Å². The third-order valence-corrected chi connectivity index (χ3v) is 3.69. The van der Waals surface area contributed by atoms with Gasteiger partial charge in [0.05, 0.1) is 14.2 Å². The van der Waals surface area contributed by atoms with Crippen LogP contribution in [-0.2, 0) is 19.0 Å². The minimum absolute atomic E-state index is 0.484. The van der Waals surface area contributed by atoms with Gasteiger partial charge in [-0.2, -0.15) is 0 Å². The molecule has 0 aromatic heterocycles. The maximum absolute atomic E-state index is 11.5. The lowest BCUT2D eigenvalue weighted by Crippen LogP contribution is -2.28. The van der Waals surface area contributed by atoms with Crippen molar-refractivity contribution < 1.29 is 23.8 Å². The minimum Gasteiger partial charge on any atom is -0.466 e. The monoisotopic (exact) mass is 316 g/mol. The first kappa shape index (κ1) is 20.7. The Kier molecular flexibility index (Phi) is 13.8. The molecule has 0 heterocycles. The van der Waals surface area contributed by atoms with E-state index in [0.29, 0.717) is 6.42 Å². The molecule has 0 aromatic rings. The van der Waals surface area contributed by atoms with Gasteiger partial charge in [0.1, 0.15) is 0 Å². The van der Waals surface area contributed by atoms with Crippen molar-refractivity contribution in [2.75, 3.05) is 14.2 Å². The second-order valence-electron chi connectivity index (χ2n) is 5.55. The Morgan fingerprint density at radius 1 is 0.773 bits per heavy atom. The predicted octanol–water partition coefficient (Wildman–Crippen LogP) is 4.62. The number of unbranched alkanes of at least 4 members (excludes halogenated alkanes) is 9. The summed E-state index contributed by atoms with van der Waals surface area (Å²) in [5.41, 5.74) is 0. The van der Waals surface area contributed by atoms with Crippen molar-refractivity contribution in [1.82, 2.24) is 0 Å². The molecule has 0 radical (unpaired) electrons. The Morgan fingerprint density at radius 2 is 1.27 bits per heavy atom. The predicted molar refractivity (Wildman–Crippen MR) is 85.8 cm³/mol. The quantitative estimate of drug-likeness (QED) is 0.366. The Balaban J connectivity index is 3.63. The molecule has 5 heteroatoms. The van der Waals surface area contributed by atoms with Gasteiger partial charge in [-0.25, -0.2) is 9.59 Å². The number of carbonyl (C=O) groups excluding carboxylic acids is 2. The summed E-state index contributed by atoms with van der Waals surface area (Å²) in [6.45, 7) is 2.23. The van der Waals surface area contributed by atoms with Crippen molar-refractivity contribution in [3.63, 3.8) is 0 Å². The SMILES string of the molecule is CCCCCCCCCCCCC(OC(=O)OC)C(=O)OC. The average Bonchev–Trinajstić information content (AvgIpc) is 2.54. The summed E-state index contributed by atoms with van der Waals surface area (Å²) < 4.78 is 13.9. The van der Waals surface area contributed by atoms with Crippen LogP contribution in [0.25, 0.3) is 0 Å². The van der Waals surface area contributed by atoms with E-state index in [9.17, 15) is 9.59 Å². The molecule has 1 unspecified atom stereocenters. The van der Waals surface area contributed by atoms with E-state index < -0.39 is 18.2 Å². The number of carbonyl (C=O) groups is 2. The largest absolute Gasteiger partial charge is 0.508 e. The maximum atomic E-state index is 11.5. The number of esters is 1. The summed E-state index contributed by atoms with van der Waals surface area (Å²) in [5.74, 6) is -0.527. The fourth-order valence-electron chi connectivity index (χ4n) is 2.34. The molecule has 0 aliphatic heterocycles. The number of hydrogen-bond acceptors (Lipinski definition) is 5. The maximum Gasteiger partial charge on any atom is 0.508 e. The van der Waals surface area contributed by atoms with E-state index in [0.717, 1.165) is 19.3 Å². The lowest BCUT2D eigenvalue weighted by atomic mass is 10.0. The van der Waals surface area contributed by atoms with Crippen molar-refractivity contribution in [3.05, 3.63) is 0 Å². The molecular formula is C17H32O5. The van der Waals surface area contributed by atoms with E-state index in [1.165, 1.54) is 59.2 Å². The summed E-state index contributed by atoms with van der Waals surface area (Å²) >= 11 is 0. The highest BCUT2D eigenvalue weighted by molar-refractivity contribution is 5.77. The number of hydrogen-bond donors (Lipinski definition) is 0. The summed E-state index contributed by atoms with van der Waals surface area (Å²) in [6.07, 6.45) is 11.0. The van der Waals surface area contributed by atoms with Gasteiger partial charge in [0.15, 0.2) is 0 Å². The van der Waals surface area contributed by atoms with Crippen LogP contribution in [0.4, 0.5) is 4.79 Å². The Morgan fingerprint density at radius 3 is 1.73 bits per heavy atom. The van der Waals surface area contributed by atoms with Crippen LogP contribution in [0.3, 0.4) is 0 Å². The van der Waals surface area contributed by atoms with Crippen LogP contribution in [0.2, 0.25) is 0 Å². The van der Waals surface area contributed by atoms with Gasteiger partial charge in [-0.3, -0.25) is 0 Å². The third kappa shape index (κ3) is 11.4. The van der Waals surface area contributed by atoms with Crippen molar-refractivity contribution in [2.24, 2.45) is 0 Å². The van der Waals surface area contributed by atoms with Gasteiger partial charge in [-0.05, 0) is 12.8 Å². The fourth-order valence-corrected chi connectivity index (χ4v) is 2.34. The molecule has 0 rings (SSSR count). The van der Waals surface area contributed by atoms with E-state index in [1.807, 2.05) is 0 Å². The van der Waals surface area contributed by atoms with Crippen LogP contribution in [0.5, 0.6) is 0 Å². The molecule has 0 N–H and O–H groups in total. The lowest BCUT2D eigenvalue weighted by molar-refractivity contribution is -0.152. The lowest BCUT2D eigenvalue weighted by Gasteiger charge is -2.14. The first-order valence-electron chi connectivity index (χ1n) is 8.48. The van der Waals surface area contributed by atoms with E-state index >= 15 is 0 Å². The van der Waals surface area contributed by atoms with Crippen LogP contribution in [-0.4, -0.2) is 32.4 Å². The van der Waals surface area contributed by atoms with Gasteiger partial charge in [0, 0.05) is 0 Å². The van der Waals surface area contributed by atoms with Gasteiger partial charge in [0.25, 0.3) is 0 Å². The van der Waals surface area contributed by atoms with Gasteiger partial charge in [-0.15, -0.1) is 0 Å².